The Hall–Kier alpha value is -2.07. The van der Waals surface area contributed by atoms with E-state index in [9.17, 15) is 0 Å². The predicted molar refractivity (Wildman–Crippen MR) is 83.3 cm³/mol. The standard InChI is InChI=1S/C15H17ClN2O2/c1-3-20-13-8-11(17)7-12(9-13)18-14-6-10(16)4-5-15(14)19-2/h4-9,18H,3,17H2,1-2H3. The van der Waals surface area contributed by atoms with E-state index >= 15 is 0 Å². The summed E-state index contributed by atoms with van der Waals surface area (Å²) < 4.78 is 10.8. The lowest BCUT2D eigenvalue weighted by molar-refractivity contribution is 0.340. The van der Waals surface area contributed by atoms with Gasteiger partial charge < -0.3 is 20.5 Å². The molecule has 5 heteroatoms. The minimum atomic E-state index is 0.587. The van der Waals surface area contributed by atoms with Gasteiger partial charge in [0.2, 0.25) is 0 Å². The zero-order chi connectivity index (χ0) is 14.5. The van der Waals surface area contributed by atoms with Crippen LogP contribution in [0, 0.1) is 0 Å². The summed E-state index contributed by atoms with van der Waals surface area (Å²) in [5.74, 6) is 1.42. The van der Waals surface area contributed by atoms with E-state index in [4.69, 9.17) is 26.8 Å². The summed E-state index contributed by atoms with van der Waals surface area (Å²) in [5.41, 5.74) is 8.08. The summed E-state index contributed by atoms with van der Waals surface area (Å²) >= 11 is 6.01. The molecule has 0 saturated carbocycles. The normalized spacial score (nSPS) is 10.2. The molecule has 3 N–H and O–H groups in total. The Labute approximate surface area is 123 Å². The van der Waals surface area contributed by atoms with Crippen molar-refractivity contribution in [1.29, 1.82) is 0 Å². The summed E-state index contributed by atoms with van der Waals surface area (Å²) in [6.07, 6.45) is 0. The summed E-state index contributed by atoms with van der Waals surface area (Å²) in [7, 11) is 1.61. The lowest BCUT2D eigenvalue weighted by Crippen LogP contribution is -1.98. The number of methoxy groups -OCH3 is 1. The van der Waals surface area contributed by atoms with Gasteiger partial charge in [-0.3, -0.25) is 0 Å². The van der Waals surface area contributed by atoms with E-state index in [1.165, 1.54) is 0 Å². The minimum Gasteiger partial charge on any atom is -0.495 e. The third-order valence-electron chi connectivity index (χ3n) is 2.68. The molecule has 0 bridgehead atoms. The van der Waals surface area contributed by atoms with Crippen molar-refractivity contribution in [3.8, 4) is 11.5 Å². The molecular formula is C15H17ClN2O2. The lowest BCUT2D eigenvalue weighted by Gasteiger charge is -2.13. The number of anilines is 3. The van der Waals surface area contributed by atoms with Gasteiger partial charge in [-0.1, -0.05) is 11.6 Å². The Morgan fingerprint density at radius 3 is 2.70 bits per heavy atom. The van der Waals surface area contributed by atoms with Gasteiger partial charge in [0.25, 0.3) is 0 Å². The second-order valence-electron chi connectivity index (χ2n) is 4.19. The van der Waals surface area contributed by atoms with Crippen LogP contribution in [0.15, 0.2) is 36.4 Å². The highest BCUT2D eigenvalue weighted by atomic mass is 35.5. The first kappa shape index (κ1) is 14.3. The van der Waals surface area contributed by atoms with Gasteiger partial charge in [-0.25, -0.2) is 0 Å². The second-order valence-corrected chi connectivity index (χ2v) is 4.63. The van der Waals surface area contributed by atoms with Crippen molar-refractivity contribution in [1.82, 2.24) is 0 Å². The Bertz CT molecular complexity index is 602. The molecule has 0 radical (unpaired) electrons. The van der Waals surface area contributed by atoms with Gasteiger partial charge in [-0.05, 0) is 31.2 Å². The average molecular weight is 293 g/mol. The zero-order valence-corrected chi connectivity index (χ0v) is 12.2. The number of nitrogen functional groups attached to an aromatic ring is 1. The fraction of sp³-hybridized carbons (Fsp3) is 0.200. The highest BCUT2D eigenvalue weighted by Gasteiger charge is 2.06. The molecule has 0 atom stereocenters. The number of benzene rings is 2. The van der Waals surface area contributed by atoms with E-state index in [-0.39, 0.29) is 0 Å². The van der Waals surface area contributed by atoms with Gasteiger partial charge in [-0.2, -0.15) is 0 Å². The highest BCUT2D eigenvalue weighted by Crippen LogP contribution is 2.32. The zero-order valence-electron chi connectivity index (χ0n) is 11.4. The topological polar surface area (TPSA) is 56.5 Å². The van der Waals surface area contributed by atoms with Gasteiger partial charge >= 0.3 is 0 Å². The Morgan fingerprint density at radius 1 is 1.20 bits per heavy atom. The average Bonchev–Trinajstić information content (AvgIpc) is 2.38. The maximum atomic E-state index is 6.01. The van der Waals surface area contributed by atoms with Crippen LogP contribution in [0.4, 0.5) is 17.1 Å². The van der Waals surface area contributed by atoms with Gasteiger partial charge in [-0.15, -0.1) is 0 Å². The van der Waals surface area contributed by atoms with Crippen molar-refractivity contribution in [2.45, 2.75) is 6.92 Å². The predicted octanol–water partition coefficient (Wildman–Crippen LogP) is 4.07. The van der Waals surface area contributed by atoms with Crippen LogP contribution in [0.2, 0.25) is 5.02 Å². The molecule has 2 rings (SSSR count). The molecule has 0 aromatic heterocycles. The molecular weight excluding hydrogens is 276 g/mol. The van der Waals surface area contributed by atoms with Gasteiger partial charge in [0.05, 0.1) is 19.4 Å². The van der Waals surface area contributed by atoms with E-state index < -0.39 is 0 Å². The number of nitrogens with one attached hydrogen (secondary N) is 1. The van der Waals surface area contributed by atoms with Crippen molar-refractivity contribution in [2.75, 3.05) is 24.8 Å². The molecule has 0 unspecified atom stereocenters. The van der Waals surface area contributed by atoms with E-state index in [1.807, 2.05) is 19.1 Å². The van der Waals surface area contributed by atoms with E-state index in [0.29, 0.717) is 23.1 Å². The fourth-order valence-electron chi connectivity index (χ4n) is 1.88. The molecule has 0 fully saturated rings. The molecule has 0 saturated heterocycles. The van der Waals surface area contributed by atoms with Gasteiger partial charge in [0.1, 0.15) is 11.5 Å². The van der Waals surface area contributed by atoms with Crippen LogP contribution in [-0.4, -0.2) is 13.7 Å². The van der Waals surface area contributed by atoms with Crippen LogP contribution >= 0.6 is 11.6 Å². The highest BCUT2D eigenvalue weighted by molar-refractivity contribution is 6.31. The van der Waals surface area contributed by atoms with Crippen molar-refractivity contribution < 1.29 is 9.47 Å². The molecule has 0 aliphatic carbocycles. The molecule has 0 heterocycles. The van der Waals surface area contributed by atoms with Gasteiger partial charge in [0.15, 0.2) is 0 Å². The van der Waals surface area contributed by atoms with E-state index in [0.717, 1.165) is 17.1 Å². The van der Waals surface area contributed by atoms with E-state index in [1.54, 1.807) is 31.4 Å². The van der Waals surface area contributed by atoms with Crippen LogP contribution in [-0.2, 0) is 0 Å². The molecule has 0 aliphatic rings. The lowest BCUT2D eigenvalue weighted by atomic mass is 10.2. The number of nitrogens with two attached hydrogens (primary N) is 1. The number of hydrogen-bond donors (Lipinski definition) is 2. The first-order valence-electron chi connectivity index (χ1n) is 6.26. The first-order valence-corrected chi connectivity index (χ1v) is 6.64. The maximum absolute atomic E-state index is 6.01. The molecule has 0 spiro atoms. The van der Waals surface area contributed by atoms with Crippen molar-refractivity contribution in [3.63, 3.8) is 0 Å². The second kappa shape index (κ2) is 6.39. The van der Waals surface area contributed by atoms with Crippen LogP contribution < -0.4 is 20.5 Å². The molecule has 2 aromatic rings. The summed E-state index contributed by atoms with van der Waals surface area (Å²) in [6.45, 7) is 2.51. The largest absolute Gasteiger partial charge is 0.495 e. The van der Waals surface area contributed by atoms with E-state index in [2.05, 4.69) is 5.32 Å². The molecule has 0 aliphatic heterocycles. The smallest absolute Gasteiger partial charge is 0.142 e. The Kier molecular flexibility index (Phi) is 4.58. The maximum Gasteiger partial charge on any atom is 0.142 e. The Balaban J connectivity index is 2.31. The van der Waals surface area contributed by atoms with Crippen LogP contribution in [0.1, 0.15) is 6.92 Å². The number of halogens is 1. The number of rotatable bonds is 5. The summed E-state index contributed by atoms with van der Waals surface area (Å²) in [6, 6.07) is 10.9. The SMILES string of the molecule is CCOc1cc(N)cc(Nc2cc(Cl)ccc2OC)c1. The minimum absolute atomic E-state index is 0.587. The van der Waals surface area contributed by atoms with Crippen LogP contribution in [0.5, 0.6) is 11.5 Å². The van der Waals surface area contributed by atoms with Crippen LogP contribution in [0.3, 0.4) is 0 Å². The van der Waals surface area contributed by atoms with Crippen LogP contribution in [0.25, 0.3) is 0 Å². The molecule has 4 nitrogen and oxygen atoms in total. The monoisotopic (exact) mass is 292 g/mol. The van der Waals surface area contributed by atoms with Gasteiger partial charge in [0, 0.05) is 28.5 Å². The quantitative estimate of drug-likeness (QED) is 0.816. The fourth-order valence-corrected chi connectivity index (χ4v) is 2.05. The van der Waals surface area contributed by atoms with Crippen molar-refractivity contribution in [3.05, 3.63) is 41.4 Å². The third kappa shape index (κ3) is 3.48. The number of hydrogen-bond acceptors (Lipinski definition) is 4. The third-order valence-corrected chi connectivity index (χ3v) is 2.92. The molecule has 20 heavy (non-hydrogen) atoms. The molecule has 0 amide bonds. The number of ether oxygens (including phenoxy) is 2. The van der Waals surface area contributed by atoms with Crippen molar-refractivity contribution in [2.24, 2.45) is 0 Å². The molecule has 106 valence electrons. The summed E-state index contributed by atoms with van der Waals surface area (Å²) in [5, 5.41) is 3.86. The van der Waals surface area contributed by atoms with Crippen molar-refractivity contribution >= 4 is 28.7 Å². The first-order chi connectivity index (χ1) is 9.62. The molecule has 2 aromatic carbocycles. The Morgan fingerprint density at radius 2 is 2.00 bits per heavy atom. The summed E-state index contributed by atoms with van der Waals surface area (Å²) in [4.78, 5) is 0.